The van der Waals surface area contributed by atoms with E-state index in [0.717, 1.165) is 6.42 Å². The Morgan fingerprint density at radius 3 is 2.39 bits per heavy atom. The van der Waals surface area contributed by atoms with Gasteiger partial charge in [-0.3, -0.25) is 9.97 Å². The molecule has 1 unspecified atom stereocenters. The van der Waals surface area contributed by atoms with E-state index in [1.807, 2.05) is 12.4 Å². The molecule has 0 fully saturated rings. The van der Waals surface area contributed by atoms with Crippen molar-refractivity contribution in [2.75, 3.05) is 0 Å². The fraction of sp³-hybridized carbons (Fsp3) is 0.375. The van der Waals surface area contributed by atoms with Crippen molar-refractivity contribution in [1.82, 2.24) is 9.97 Å². The van der Waals surface area contributed by atoms with Crippen molar-refractivity contribution in [3.8, 4) is 0 Å². The third-order valence-corrected chi connectivity index (χ3v) is 3.21. The topological polar surface area (TPSA) is 25.8 Å². The number of hydrogen-bond donors (Lipinski definition) is 0. The Kier molecular flexibility index (Phi) is 4.08. The lowest BCUT2D eigenvalue weighted by atomic mass is 9.96. The molecule has 0 radical (unpaired) electrons. The molecule has 2 nitrogen and oxygen atoms in total. The zero-order chi connectivity index (χ0) is 13.0. The van der Waals surface area contributed by atoms with Crippen LogP contribution >= 0.6 is 0 Å². The molecule has 0 saturated heterocycles. The lowest BCUT2D eigenvalue weighted by Gasteiger charge is -2.12. The molecule has 0 aliphatic heterocycles. The maximum absolute atomic E-state index is 4.72. The van der Waals surface area contributed by atoms with Crippen LogP contribution in [0.4, 0.5) is 0 Å². The first-order valence-corrected chi connectivity index (χ1v) is 6.52. The molecule has 0 N–H and O–H groups in total. The van der Waals surface area contributed by atoms with Crippen molar-refractivity contribution in [2.45, 2.75) is 39.0 Å². The molecule has 2 heteroatoms. The third-order valence-electron chi connectivity index (χ3n) is 3.21. The smallest absolute Gasteiger partial charge is 0.0432 e. The Morgan fingerprint density at radius 2 is 1.72 bits per heavy atom. The summed E-state index contributed by atoms with van der Waals surface area (Å²) in [5, 5.41) is 0. The van der Waals surface area contributed by atoms with E-state index < -0.39 is 0 Å². The molecule has 18 heavy (non-hydrogen) atoms. The molecule has 0 aliphatic carbocycles. The molecule has 2 aromatic rings. The second-order valence-corrected chi connectivity index (χ2v) is 5.09. The summed E-state index contributed by atoms with van der Waals surface area (Å²) in [4.78, 5) is 8.78. The maximum atomic E-state index is 4.72. The van der Waals surface area contributed by atoms with Gasteiger partial charge in [0.2, 0.25) is 0 Å². The Morgan fingerprint density at radius 1 is 1.00 bits per heavy atom. The van der Waals surface area contributed by atoms with Crippen LogP contribution in [0.2, 0.25) is 0 Å². The summed E-state index contributed by atoms with van der Waals surface area (Å²) in [6, 6.07) is 10.5. The lowest BCUT2D eigenvalue weighted by Crippen LogP contribution is -2.03. The first-order chi connectivity index (χ1) is 8.66. The van der Waals surface area contributed by atoms with Gasteiger partial charge in [0.25, 0.3) is 0 Å². The highest BCUT2D eigenvalue weighted by Crippen LogP contribution is 2.20. The average molecular weight is 240 g/mol. The predicted molar refractivity (Wildman–Crippen MR) is 74.7 cm³/mol. The van der Waals surface area contributed by atoms with Gasteiger partial charge in [0.1, 0.15) is 0 Å². The second kappa shape index (κ2) is 5.76. The Balaban J connectivity index is 2.12. The molecule has 0 aromatic carbocycles. The number of nitrogens with zero attached hydrogens (tertiary/aromatic N) is 2. The largest absolute Gasteiger partial charge is 0.265 e. The minimum Gasteiger partial charge on any atom is -0.265 e. The number of pyridine rings is 2. The van der Waals surface area contributed by atoms with E-state index in [2.05, 4.69) is 56.1 Å². The van der Waals surface area contributed by atoms with Crippen LogP contribution < -0.4 is 0 Å². The zero-order valence-corrected chi connectivity index (χ0v) is 11.3. The van der Waals surface area contributed by atoms with Crippen LogP contribution in [0.3, 0.4) is 0 Å². The van der Waals surface area contributed by atoms with Gasteiger partial charge in [-0.1, -0.05) is 26.8 Å². The predicted octanol–water partition coefficient (Wildman–Crippen LogP) is 3.95. The minimum atomic E-state index is 0.475. The van der Waals surface area contributed by atoms with Crippen LogP contribution in [0.5, 0.6) is 0 Å². The van der Waals surface area contributed by atoms with Gasteiger partial charge in [0.05, 0.1) is 0 Å². The molecule has 0 spiro atoms. The quantitative estimate of drug-likeness (QED) is 0.808. The summed E-state index contributed by atoms with van der Waals surface area (Å²) in [5.74, 6) is 0.962. The standard InChI is InChI=1S/C16H20N2/c1-12(2)16-6-4-5-15(18-16)11-13(3)14-7-9-17-10-8-14/h4-10,12-13H,11H2,1-3H3. The summed E-state index contributed by atoms with van der Waals surface area (Å²) < 4.78 is 0. The van der Waals surface area contributed by atoms with Gasteiger partial charge in [-0.25, -0.2) is 0 Å². The van der Waals surface area contributed by atoms with Gasteiger partial charge in [-0.15, -0.1) is 0 Å². The summed E-state index contributed by atoms with van der Waals surface area (Å²) in [6.45, 7) is 6.59. The molecule has 1 atom stereocenters. The van der Waals surface area contributed by atoms with Crippen LogP contribution in [-0.2, 0) is 6.42 Å². The minimum absolute atomic E-state index is 0.475. The van der Waals surface area contributed by atoms with E-state index in [4.69, 9.17) is 4.98 Å². The monoisotopic (exact) mass is 240 g/mol. The Bertz CT molecular complexity index is 491. The zero-order valence-electron chi connectivity index (χ0n) is 11.3. The number of aromatic nitrogens is 2. The van der Waals surface area contributed by atoms with Crippen molar-refractivity contribution >= 4 is 0 Å². The lowest BCUT2D eigenvalue weighted by molar-refractivity contribution is 0.723. The van der Waals surface area contributed by atoms with Crippen LogP contribution in [0.25, 0.3) is 0 Å². The molecular formula is C16H20N2. The van der Waals surface area contributed by atoms with Gasteiger partial charge in [-0.05, 0) is 48.1 Å². The highest BCUT2D eigenvalue weighted by Gasteiger charge is 2.08. The SMILES string of the molecule is CC(C)c1cccc(CC(C)c2ccncc2)n1. The molecular weight excluding hydrogens is 220 g/mol. The highest BCUT2D eigenvalue weighted by molar-refractivity contribution is 5.20. The Labute approximate surface area is 109 Å². The Hall–Kier alpha value is -1.70. The van der Waals surface area contributed by atoms with E-state index in [1.54, 1.807) is 0 Å². The highest BCUT2D eigenvalue weighted by atomic mass is 14.7. The van der Waals surface area contributed by atoms with Crippen molar-refractivity contribution in [3.05, 3.63) is 59.7 Å². The second-order valence-electron chi connectivity index (χ2n) is 5.09. The number of rotatable bonds is 4. The van der Waals surface area contributed by atoms with E-state index in [1.165, 1.54) is 17.0 Å². The van der Waals surface area contributed by atoms with Crippen molar-refractivity contribution in [1.29, 1.82) is 0 Å². The van der Waals surface area contributed by atoms with Crippen LogP contribution in [0, 0.1) is 0 Å². The molecule has 2 aromatic heterocycles. The average Bonchev–Trinajstić information content (AvgIpc) is 2.40. The molecule has 0 bridgehead atoms. The molecule has 2 heterocycles. The molecule has 0 amide bonds. The van der Waals surface area contributed by atoms with Gasteiger partial charge in [0.15, 0.2) is 0 Å². The molecule has 0 saturated carbocycles. The van der Waals surface area contributed by atoms with E-state index in [-0.39, 0.29) is 0 Å². The first-order valence-electron chi connectivity index (χ1n) is 6.52. The third kappa shape index (κ3) is 3.16. The number of hydrogen-bond acceptors (Lipinski definition) is 2. The van der Waals surface area contributed by atoms with E-state index >= 15 is 0 Å². The van der Waals surface area contributed by atoms with Crippen molar-refractivity contribution in [2.24, 2.45) is 0 Å². The normalized spacial score (nSPS) is 12.7. The van der Waals surface area contributed by atoms with Gasteiger partial charge in [-0.2, -0.15) is 0 Å². The van der Waals surface area contributed by atoms with Gasteiger partial charge < -0.3 is 0 Å². The molecule has 2 rings (SSSR count). The fourth-order valence-electron chi connectivity index (χ4n) is 2.06. The summed E-state index contributed by atoms with van der Waals surface area (Å²) >= 11 is 0. The van der Waals surface area contributed by atoms with E-state index in [9.17, 15) is 0 Å². The summed E-state index contributed by atoms with van der Waals surface area (Å²) in [7, 11) is 0. The summed E-state index contributed by atoms with van der Waals surface area (Å²) in [5.41, 5.74) is 3.67. The molecule has 94 valence electrons. The van der Waals surface area contributed by atoms with Crippen LogP contribution in [0.1, 0.15) is 49.6 Å². The van der Waals surface area contributed by atoms with E-state index in [0.29, 0.717) is 11.8 Å². The molecule has 0 aliphatic rings. The maximum Gasteiger partial charge on any atom is 0.0432 e. The van der Waals surface area contributed by atoms with Crippen molar-refractivity contribution < 1.29 is 0 Å². The summed E-state index contributed by atoms with van der Waals surface area (Å²) in [6.07, 6.45) is 4.68. The van der Waals surface area contributed by atoms with Gasteiger partial charge in [0, 0.05) is 23.8 Å². The van der Waals surface area contributed by atoms with Crippen LogP contribution in [0.15, 0.2) is 42.7 Å². The van der Waals surface area contributed by atoms with Gasteiger partial charge >= 0.3 is 0 Å². The first kappa shape index (κ1) is 12.7. The fourth-order valence-corrected chi connectivity index (χ4v) is 2.06. The van der Waals surface area contributed by atoms with Crippen LogP contribution in [-0.4, -0.2) is 9.97 Å². The van der Waals surface area contributed by atoms with Crippen molar-refractivity contribution in [3.63, 3.8) is 0 Å².